The average Bonchev–Trinajstić information content (AvgIpc) is 3.27. The third-order valence-electron chi connectivity index (χ3n) is 4.25. The van der Waals surface area contributed by atoms with Gasteiger partial charge in [-0.3, -0.25) is 0 Å². The molecule has 3 rings (SSSR count). The summed E-state index contributed by atoms with van der Waals surface area (Å²) in [5, 5.41) is 9.60. The highest BCUT2D eigenvalue weighted by atomic mass is 35.5. The molecule has 1 saturated heterocycles. The standard InChI is InChI=1S/C17H21ClN4O2/c1-17(2,3)24-16(23)22-5-4-21(12-8-13(12)22)14-7-10(9-19)6-11(20)15(14)18/h6-7,12-13H,4-5,8,20H2,1-3H3. The number of benzene rings is 1. The Morgan fingerprint density at radius 2 is 2.08 bits per heavy atom. The molecule has 24 heavy (non-hydrogen) atoms. The zero-order valence-electron chi connectivity index (χ0n) is 14.0. The van der Waals surface area contributed by atoms with Crippen molar-refractivity contribution in [3.8, 4) is 6.07 Å². The summed E-state index contributed by atoms with van der Waals surface area (Å²) in [6.45, 7) is 6.78. The van der Waals surface area contributed by atoms with E-state index in [1.54, 1.807) is 17.0 Å². The number of fused-ring (bicyclic) bond motifs is 1. The van der Waals surface area contributed by atoms with E-state index < -0.39 is 5.60 Å². The minimum atomic E-state index is -0.502. The Balaban J connectivity index is 1.77. The lowest BCUT2D eigenvalue weighted by molar-refractivity contribution is 0.0218. The normalized spacial score (nSPS) is 22.6. The molecule has 2 fully saturated rings. The van der Waals surface area contributed by atoms with E-state index in [0.29, 0.717) is 29.4 Å². The first-order valence-corrected chi connectivity index (χ1v) is 8.34. The summed E-state index contributed by atoms with van der Waals surface area (Å²) >= 11 is 6.34. The Hall–Kier alpha value is -2.13. The van der Waals surface area contributed by atoms with E-state index in [0.717, 1.165) is 12.1 Å². The SMILES string of the molecule is CC(C)(C)OC(=O)N1CCN(c2cc(C#N)cc(N)c2Cl)C2CC21. The highest BCUT2D eigenvalue weighted by Gasteiger charge is 2.52. The second-order valence-electron chi connectivity index (χ2n) is 7.25. The highest BCUT2D eigenvalue weighted by molar-refractivity contribution is 6.35. The molecule has 7 heteroatoms. The first kappa shape index (κ1) is 16.7. The molecule has 2 N–H and O–H groups in total. The number of carbonyl (C=O) groups is 1. The minimum Gasteiger partial charge on any atom is -0.444 e. The van der Waals surface area contributed by atoms with Crippen LogP contribution >= 0.6 is 11.6 Å². The molecule has 1 aromatic rings. The third-order valence-corrected chi connectivity index (χ3v) is 4.67. The van der Waals surface area contributed by atoms with Crippen LogP contribution in [0.1, 0.15) is 32.8 Å². The van der Waals surface area contributed by atoms with Gasteiger partial charge < -0.3 is 20.3 Å². The molecule has 0 bridgehead atoms. The number of piperazine rings is 1. The van der Waals surface area contributed by atoms with E-state index in [9.17, 15) is 4.79 Å². The van der Waals surface area contributed by atoms with Crippen LogP contribution < -0.4 is 10.6 Å². The van der Waals surface area contributed by atoms with Crippen molar-refractivity contribution in [2.45, 2.75) is 44.9 Å². The lowest BCUT2D eigenvalue weighted by Gasteiger charge is -2.36. The van der Waals surface area contributed by atoms with Crippen LogP contribution in [0.2, 0.25) is 5.02 Å². The van der Waals surface area contributed by atoms with Crippen LogP contribution in [0.25, 0.3) is 0 Å². The van der Waals surface area contributed by atoms with Crippen LogP contribution in [-0.2, 0) is 4.74 Å². The van der Waals surface area contributed by atoms with Gasteiger partial charge in [-0.05, 0) is 39.3 Å². The zero-order chi connectivity index (χ0) is 17.6. The molecule has 128 valence electrons. The van der Waals surface area contributed by atoms with Gasteiger partial charge in [0.05, 0.1) is 40.1 Å². The van der Waals surface area contributed by atoms with Crippen molar-refractivity contribution in [2.75, 3.05) is 23.7 Å². The molecule has 0 aromatic heterocycles. The third kappa shape index (κ3) is 3.09. The molecule has 1 aromatic carbocycles. The molecule has 1 aliphatic carbocycles. The molecule has 2 aliphatic rings. The Kier molecular flexibility index (Phi) is 4.00. The van der Waals surface area contributed by atoms with Crippen molar-refractivity contribution in [3.05, 3.63) is 22.7 Å². The second-order valence-corrected chi connectivity index (χ2v) is 7.63. The van der Waals surface area contributed by atoms with E-state index in [1.807, 2.05) is 20.8 Å². The van der Waals surface area contributed by atoms with Crippen molar-refractivity contribution in [1.82, 2.24) is 4.90 Å². The largest absolute Gasteiger partial charge is 0.444 e. The monoisotopic (exact) mass is 348 g/mol. The van der Waals surface area contributed by atoms with Gasteiger partial charge in [-0.1, -0.05) is 11.6 Å². The molecule has 1 saturated carbocycles. The van der Waals surface area contributed by atoms with E-state index >= 15 is 0 Å². The molecule has 1 amide bonds. The summed E-state index contributed by atoms with van der Waals surface area (Å²) in [7, 11) is 0. The van der Waals surface area contributed by atoms with Gasteiger partial charge in [-0.2, -0.15) is 5.26 Å². The number of amides is 1. The van der Waals surface area contributed by atoms with Gasteiger partial charge >= 0.3 is 6.09 Å². The van der Waals surface area contributed by atoms with Crippen LogP contribution in [0.5, 0.6) is 0 Å². The van der Waals surface area contributed by atoms with Crippen LogP contribution in [0, 0.1) is 11.3 Å². The van der Waals surface area contributed by atoms with Crippen LogP contribution in [0.4, 0.5) is 16.2 Å². The summed E-state index contributed by atoms with van der Waals surface area (Å²) in [4.78, 5) is 16.2. The molecule has 1 heterocycles. The van der Waals surface area contributed by atoms with E-state index in [-0.39, 0.29) is 18.2 Å². The average molecular weight is 349 g/mol. The van der Waals surface area contributed by atoms with Gasteiger partial charge in [-0.15, -0.1) is 0 Å². The van der Waals surface area contributed by atoms with Crippen molar-refractivity contribution >= 4 is 29.1 Å². The fourth-order valence-electron chi connectivity index (χ4n) is 3.14. The van der Waals surface area contributed by atoms with Gasteiger partial charge in [-0.25, -0.2) is 4.79 Å². The maximum Gasteiger partial charge on any atom is 0.410 e. The summed E-state index contributed by atoms with van der Waals surface area (Å²) in [5.41, 5.74) is 7.06. The Bertz CT molecular complexity index is 723. The van der Waals surface area contributed by atoms with Gasteiger partial charge in [0.2, 0.25) is 0 Å². The maximum atomic E-state index is 12.3. The number of halogens is 1. The number of hydrogen-bond acceptors (Lipinski definition) is 5. The van der Waals surface area contributed by atoms with Crippen molar-refractivity contribution in [2.24, 2.45) is 0 Å². The molecule has 6 nitrogen and oxygen atoms in total. The number of hydrogen-bond donors (Lipinski definition) is 1. The molecule has 0 spiro atoms. The quantitative estimate of drug-likeness (QED) is 0.789. The van der Waals surface area contributed by atoms with Gasteiger partial charge in [0.1, 0.15) is 5.60 Å². The zero-order valence-corrected chi connectivity index (χ0v) is 14.8. The predicted octanol–water partition coefficient (Wildman–Crippen LogP) is 2.99. The van der Waals surface area contributed by atoms with Crippen LogP contribution in [0.15, 0.2) is 12.1 Å². The Labute approximate surface area is 146 Å². The van der Waals surface area contributed by atoms with Crippen molar-refractivity contribution in [3.63, 3.8) is 0 Å². The molecular weight excluding hydrogens is 328 g/mol. The number of anilines is 2. The predicted molar refractivity (Wildman–Crippen MR) is 93.1 cm³/mol. The second kappa shape index (κ2) is 5.75. The maximum absolute atomic E-state index is 12.3. The summed E-state index contributed by atoms with van der Waals surface area (Å²) < 4.78 is 5.47. The lowest BCUT2D eigenvalue weighted by Crippen LogP contribution is -2.50. The molecule has 0 radical (unpaired) electrons. The summed E-state index contributed by atoms with van der Waals surface area (Å²) in [5.74, 6) is 0. The summed E-state index contributed by atoms with van der Waals surface area (Å²) in [6, 6.07) is 5.76. The number of nitriles is 1. The molecule has 1 aliphatic heterocycles. The van der Waals surface area contributed by atoms with E-state index in [2.05, 4.69) is 11.0 Å². The Morgan fingerprint density at radius 3 is 2.71 bits per heavy atom. The number of ether oxygens (including phenoxy) is 1. The molecule has 2 unspecified atom stereocenters. The first-order chi connectivity index (χ1) is 11.2. The van der Waals surface area contributed by atoms with Crippen LogP contribution in [0.3, 0.4) is 0 Å². The number of rotatable bonds is 1. The summed E-state index contributed by atoms with van der Waals surface area (Å²) in [6.07, 6.45) is 0.595. The first-order valence-electron chi connectivity index (χ1n) is 7.96. The van der Waals surface area contributed by atoms with Gasteiger partial charge in [0.25, 0.3) is 0 Å². The van der Waals surface area contributed by atoms with Gasteiger partial charge in [0, 0.05) is 13.1 Å². The number of nitrogens with two attached hydrogens (primary N) is 1. The molecule has 2 atom stereocenters. The van der Waals surface area contributed by atoms with Gasteiger partial charge in [0.15, 0.2) is 0 Å². The fourth-order valence-corrected chi connectivity index (χ4v) is 3.35. The van der Waals surface area contributed by atoms with Crippen molar-refractivity contribution in [1.29, 1.82) is 5.26 Å². The topological polar surface area (TPSA) is 82.6 Å². The van der Waals surface area contributed by atoms with E-state index in [1.165, 1.54) is 0 Å². The van der Waals surface area contributed by atoms with Crippen LogP contribution in [-0.4, -0.2) is 41.8 Å². The fraction of sp³-hybridized carbons (Fsp3) is 0.529. The van der Waals surface area contributed by atoms with Crippen molar-refractivity contribution < 1.29 is 9.53 Å². The lowest BCUT2D eigenvalue weighted by atomic mass is 10.1. The van der Waals surface area contributed by atoms with E-state index in [4.69, 9.17) is 27.3 Å². The Morgan fingerprint density at radius 1 is 1.38 bits per heavy atom. The smallest absolute Gasteiger partial charge is 0.410 e. The highest BCUT2D eigenvalue weighted by Crippen LogP contribution is 2.43. The minimum absolute atomic E-state index is 0.122. The number of nitrogens with zero attached hydrogens (tertiary/aromatic N) is 3. The molecular formula is C17H21ClN4O2. The number of nitrogen functional groups attached to an aromatic ring is 1. The number of carbonyl (C=O) groups excluding carboxylic acids is 1.